The van der Waals surface area contributed by atoms with Crippen LogP contribution in [0.1, 0.15) is 26.2 Å². The molecule has 0 aromatic heterocycles. The van der Waals surface area contributed by atoms with Crippen molar-refractivity contribution in [3.8, 4) is 11.5 Å². The van der Waals surface area contributed by atoms with Gasteiger partial charge in [-0.2, -0.15) is 0 Å². The molecule has 0 radical (unpaired) electrons. The van der Waals surface area contributed by atoms with Gasteiger partial charge in [0, 0.05) is 37.4 Å². The lowest BCUT2D eigenvalue weighted by Crippen LogP contribution is -2.47. The maximum atomic E-state index is 12.3. The topological polar surface area (TPSA) is 71.1 Å². The van der Waals surface area contributed by atoms with Crippen molar-refractivity contribution < 1.29 is 19.1 Å². The molecule has 0 bridgehead atoms. The van der Waals surface area contributed by atoms with Crippen LogP contribution in [0, 0.1) is 0 Å². The molecule has 4 rings (SSSR count). The van der Waals surface area contributed by atoms with Gasteiger partial charge in [-0.05, 0) is 31.9 Å². The van der Waals surface area contributed by atoms with Gasteiger partial charge in [0.2, 0.25) is 18.6 Å². The Bertz CT molecular complexity index is 685. The number of carbonyl (C=O) groups is 2. The average Bonchev–Trinajstić information content (AvgIpc) is 3.19. The number of fused-ring (bicyclic) bond motifs is 1. The molecule has 3 heterocycles. The van der Waals surface area contributed by atoms with Crippen molar-refractivity contribution in [2.45, 2.75) is 38.3 Å². The zero-order valence-corrected chi connectivity index (χ0v) is 14.4. The summed E-state index contributed by atoms with van der Waals surface area (Å²) in [5.74, 6) is 1.48. The summed E-state index contributed by atoms with van der Waals surface area (Å²) >= 11 is 0. The second-order valence-electron chi connectivity index (χ2n) is 6.72. The number of imide groups is 1. The van der Waals surface area contributed by atoms with E-state index < -0.39 is 0 Å². The smallest absolute Gasteiger partial charge is 0.247 e. The van der Waals surface area contributed by atoms with E-state index in [1.54, 1.807) is 0 Å². The Balaban J connectivity index is 1.33. The number of carbonyl (C=O) groups excluding carboxylic acids is 2. The highest BCUT2D eigenvalue weighted by atomic mass is 16.7. The number of piperidine rings is 1. The second-order valence-corrected chi connectivity index (χ2v) is 6.72. The molecule has 7 nitrogen and oxygen atoms in total. The largest absolute Gasteiger partial charge is 0.454 e. The lowest BCUT2D eigenvalue weighted by molar-refractivity contribution is -0.139. The third kappa shape index (κ3) is 3.04. The molecule has 134 valence electrons. The maximum absolute atomic E-state index is 12.3. The van der Waals surface area contributed by atoms with Crippen LogP contribution in [0.15, 0.2) is 18.2 Å². The third-order valence-corrected chi connectivity index (χ3v) is 5.25. The fourth-order valence-corrected chi connectivity index (χ4v) is 3.86. The summed E-state index contributed by atoms with van der Waals surface area (Å²) in [5, 5.41) is 3.54. The maximum Gasteiger partial charge on any atom is 0.247 e. The van der Waals surface area contributed by atoms with Gasteiger partial charge in [-0.25, -0.2) is 0 Å². The molecule has 2 amide bonds. The Morgan fingerprint density at radius 1 is 1.16 bits per heavy atom. The quantitative estimate of drug-likeness (QED) is 0.833. The summed E-state index contributed by atoms with van der Waals surface area (Å²) in [6.07, 6.45) is 2.21. The van der Waals surface area contributed by atoms with Gasteiger partial charge in [0.25, 0.3) is 0 Å². The van der Waals surface area contributed by atoms with E-state index in [-0.39, 0.29) is 24.6 Å². The van der Waals surface area contributed by atoms with Crippen LogP contribution in [-0.4, -0.2) is 60.1 Å². The van der Waals surface area contributed by atoms with Crippen molar-refractivity contribution in [3.05, 3.63) is 18.2 Å². The first-order valence-corrected chi connectivity index (χ1v) is 8.90. The molecule has 0 aliphatic carbocycles. The average molecular weight is 345 g/mol. The van der Waals surface area contributed by atoms with Crippen LogP contribution in [0.2, 0.25) is 0 Å². The lowest BCUT2D eigenvalue weighted by atomic mass is 10.0. The van der Waals surface area contributed by atoms with E-state index in [0.29, 0.717) is 19.0 Å². The molecule has 1 aromatic rings. The molecule has 7 heteroatoms. The zero-order chi connectivity index (χ0) is 17.4. The van der Waals surface area contributed by atoms with Crippen LogP contribution in [0.25, 0.3) is 0 Å². The van der Waals surface area contributed by atoms with Crippen LogP contribution < -0.4 is 14.8 Å². The van der Waals surface area contributed by atoms with Gasteiger partial charge in [0.15, 0.2) is 11.5 Å². The minimum Gasteiger partial charge on any atom is -0.454 e. The molecule has 0 saturated carbocycles. The molecular weight excluding hydrogens is 322 g/mol. The van der Waals surface area contributed by atoms with E-state index in [1.807, 2.05) is 25.1 Å². The summed E-state index contributed by atoms with van der Waals surface area (Å²) < 4.78 is 10.7. The summed E-state index contributed by atoms with van der Waals surface area (Å²) in [6, 6.07) is 5.97. The SMILES string of the molecule is CCN1C(=O)C[C@H](N2CCC(Nc3ccc4c(c3)OCO4)CC2)C1=O. The summed E-state index contributed by atoms with van der Waals surface area (Å²) in [7, 11) is 0. The number of hydrogen-bond donors (Lipinski definition) is 1. The van der Waals surface area contributed by atoms with Gasteiger partial charge < -0.3 is 14.8 Å². The Kier molecular flexibility index (Phi) is 4.25. The van der Waals surface area contributed by atoms with Crippen LogP contribution in [0.5, 0.6) is 11.5 Å². The number of likely N-dealkylation sites (tertiary alicyclic amines) is 2. The van der Waals surface area contributed by atoms with Gasteiger partial charge in [0.05, 0.1) is 12.5 Å². The molecule has 2 fully saturated rings. The normalized spacial score (nSPS) is 24.2. The number of ether oxygens (including phenoxy) is 2. The Morgan fingerprint density at radius 3 is 2.64 bits per heavy atom. The monoisotopic (exact) mass is 345 g/mol. The molecule has 2 saturated heterocycles. The van der Waals surface area contributed by atoms with Gasteiger partial charge in [-0.1, -0.05) is 0 Å². The molecule has 3 aliphatic heterocycles. The van der Waals surface area contributed by atoms with E-state index in [1.165, 1.54) is 4.90 Å². The number of rotatable bonds is 4. The Morgan fingerprint density at radius 2 is 1.92 bits per heavy atom. The van der Waals surface area contributed by atoms with Crippen LogP contribution in [0.4, 0.5) is 5.69 Å². The first kappa shape index (κ1) is 16.2. The minimum absolute atomic E-state index is 0.0327. The zero-order valence-electron chi connectivity index (χ0n) is 14.4. The predicted molar refractivity (Wildman–Crippen MR) is 91.6 cm³/mol. The summed E-state index contributed by atoms with van der Waals surface area (Å²) in [6.45, 7) is 4.24. The van der Waals surface area contributed by atoms with Crippen LogP contribution in [-0.2, 0) is 9.59 Å². The number of benzene rings is 1. The van der Waals surface area contributed by atoms with E-state index in [4.69, 9.17) is 9.47 Å². The van der Waals surface area contributed by atoms with E-state index in [9.17, 15) is 9.59 Å². The van der Waals surface area contributed by atoms with Gasteiger partial charge in [-0.15, -0.1) is 0 Å². The number of likely N-dealkylation sites (N-methyl/N-ethyl adjacent to an activating group) is 1. The first-order chi connectivity index (χ1) is 12.2. The number of hydrogen-bond acceptors (Lipinski definition) is 6. The molecule has 1 atom stereocenters. The number of amides is 2. The van der Waals surface area contributed by atoms with Gasteiger partial charge in [0.1, 0.15) is 0 Å². The van der Waals surface area contributed by atoms with Gasteiger partial charge in [-0.3, -0.25) is 19.4 Å². The van der Waals surface area contributed by atoms with Crippen LogP contribution in [0.3, 0.4) is 0 Å². The van der Waals surface area contributed by atoms with Gasteiger partial charge >= 0.3 is 0 Å². The third-order valence-electron chi connectivity index (χ3n) is 5.25. The number of nitrogens with one attached hydrogen (secondary N) is 1. The highest BCUT2D eigenvalue weighted by Gasteiger charge is 2.41. The van der Waals surface area contributed by atoms with Crippen molar-refractivity contribution in [1.29, 1.82) is 0 Å². The van der Waals surface area contributed by atoms with E-state index in [0.717, 1.165) is 43.1 Å². The van der Waals surface area contributed by atoms with E-state index >= 15 is 0 Å². The molecule has 3 aliphatic rings. The fraction of sp³-hybridized carbons (Fsp3) is 0.556. The molecule has 1 N–H and O–H groups in total. The standard InChI is InChI=1S/C18H23N3O4/c1-2-21-17(22)10-14(18(21)23)20-7-5-12(6-8-20)19-13-3-4-15-16(9-13)25-11-24-15/h3-4,9,12,14,19H,2,5-8,10-11H2,1H3/t14-/m0/s1. The van der Waals surface area contributed by atoms with Crippen molar-refractivity contribution in [3.63, 3.8) is 0 Å². The molecule has 25 heavy (non-hydrogen) atoms. The van der Waals surface area contributed by atoms with Crippen molar-refractivity contribution >= 4 is 17.5 Å². The fourth-order valence-electron chi connectivity index (χ4n) is 3.86. The van der Waals surface area contributed by atoms with Crippen molar-refractivity contribution in [2.75, 3.05) is 31.7 Å². The summed E-state index contributed by atoms with van der Waals surface area (Å²) in [4.78, 5) is 27.8. The minimum atomic E-state index is -0.265. The highest BCUT2D eigenvalue weighted by Crippen LogP contribution is 2.35. The molecule has 1 aromatic carbocycles. The second kappa shape index (κ2) is 6.55. The van der Waals surface area contributed by atoms with Crippen molar-refractivity contribution in [1.82, 2.24) is 9.80 Å². The van der Waals surface area contributed by atoms with Crippen LogP contribution >= 0.6 is 0 Å². The number of nitrogens with zero attached hydrogens (tertiary/aromatic N) is 2. The van der Waals surface area contributed by atoms with Crippen molar-refractivity contribution in [2.24, 2.45) is 0 Å². The highest BCUT2D eigenvalue weighted by molar-refractivity contribution is 6.05. The predicted octanol–water partition coefficient (Wildman–Crippen LogP) is 1.44. The Labute approximate surface area is 146 Å². The lowest BCUT2D eigenvalue weighted by Gasteiger charge is -2.35. The summed E-state index contributed by atoms with van der Waals surface area (Å²) in [5.41, 5.74) is 1.02. The molecule has 0 spiro atoms. The Hall–Kier alpha value is -2.28. The van der Waals surface area contributed by atoms with E-state index in [2.05, 4.69) is 10.2 Å². The first-order valence-electron chi connectivity index (χ1n) is 8.90. The number of anilines is 1. The molecule has 0 unspecified atom stereocenters. The molecular formula is C18H23N3O4.